The molecule has 0 amide bonds. The summed E-state index contributed by atoms with van der Waals surface area (Å²) in [5, 5.41) is 3.43. The third-order valence-corrected chi connectivity index (χ3v) is 2.38. The van der Waals surface area contributed by atoms with Crippen molar-refractivity contribution in [1.82, 2.24) is 5.32 Å². The zero-order valence-electron chi connectivity index (χ0n) is 8.44. The predicted molar refractivity (Wildman–Crippen MR) is 54.5 cm³/mol. The van der Waals surface area contributed by atoms with Crippen molar-refractivity contribution in [1.29, 1.82) is 0 Å². The standard InChI is InChI=1S/C11H19NO/c1-2-3-4-7-12-10-11-5-8-13-9-6-11/h11-12H,4-10H2,1H3. The molecule has 1 heterocycles. The van der Waals surface area contributed by atoms with Crippen LogP contribution in [0.15, 0.2) is 0 Å². The highest BCUT2D eigenvalue weighted by molar-refractivity contribution is 4.95. The number of hydrogen-bond donors (Lipinski definition) is 1. The third kappa shape index (κ3) is 4.92. The lowest BCUT2D eigenvalue weighted by atomic mass is 10.0. The van der Waals surface area contributed by atoms with Crippen molar-refractivity contribution >= 4 is 0 Å². The third-order valence-electron chi connectivity index (χ3n) is 2.38. The summed E-state index contributed by atoms with van der Waals surface area (Å²) in [6.45, 7) is 5.94. The van der Waals surface area contributed by atoms with Gasteiger partial charge in [0.2, 0.25) is 0 Å². The summed E-state index contributed by atoms with van der Waals surface area (Å²) < 4.78 is 5.29. The van der Waals surface area contributed by atoms with Crippen molar-refractivity contribution in [2.75, 3.05) is 26.3 Å². The van der Waals surface area contributed by atoms with E-state index in [0.717, 1.165) is 38.6 Å². The number of hydrogen-bond acceptors (Lipinski definition) is 2. The van der Waals surface area contributed by atoms with Crippen molar-refractivity contribution in [3.05, 3.63) is 0 Å². The van der Waals surface area contributed by atoms with Crippen LogP contribution in [0.5, 0.6) is 0 Å². The van der Waals surface area contributed by atoms with Crippen molar-refractivity contribution in [2.24, 2.45) is 5.92 Å². The minimum absolute atomic E-state index is 0.823. The fraction of sp³-hybridized carbons (Fsp3) is 0.818. The second-order valence-electron chi connectivity index (χ2n) is 3.44. The van der Waals surface area contributed by atoms with E-state index in [1.54, 1.807) is 0 Å². The van der Waals surface area contributed by atoms with Gasteiger partial charge in [0.05, 0.1) is 0 Å². The molecule has 1 saturated heterocycles. The van der Waals surface area contributed by atoms with Gasteiger partial charge in [0.15, 0.2) is 0 Å². The Hall–Kier alpha value is -0.520. The van der Waals surface area contributed by atoms with Crippen molar-refractivity contribution in [3.8, 4) is 11.8 Å². The first-order chi connectivity index (χ1) is 6.43. The summed E-state index contributed by atoms with van der Waals surface area (Å²) in [5.74, 6) is 6.77. The molecule has 2 heteroatoms. The average Bonchev–Trinajstić information content (AvgIpc) is 2.19. The fourth-order valence-electron chi connectivity index (χ4n) is 1.53. The Balaban J connectivity index is 1.94. The second kappa shape index (κ2) is 6.94. The molecule has 1 aliphatic heterocycles. The van der Waals surface area contributed by atoms with Crippen LogP contribution in [0.1, 0.15) is 26.2 Å². The molecule has 13 heavy (non-hydrogen) atoms. The molecular weight excluding hydrogens is 162 g/mol. The Kier molecular flexibility index (Phi) is 5.64. The minimum atomic E-state index is 0.823. The van der Waals surface area contributed by atoms with E-state index in [-0.39, 0.29) is 0 Å². The molecule has 1 aliphatic rings. The molecule has 0 bridgehead atoms. The molecule has 0 spiro atoms. The van der Waals surface area contributed by atoms with Crippen LogP contribution < -0.4 is 5.32 Å². The monoisotopic (exact) mass is 181 g/mol. The fourth-order valence-corrected chi connectivity index (χ4v) is 1.53. The van der Waals surface area contributed by atoms with E-state index >= 15 is 0 Å². The molecule has 0 aromatic carbocycles. The smallest absolute Gasteiger partial charge is 0.0469 e. The molecule has 0 saturated carbocycles. The zero-order valence-corrected chi connectivity index (χ0v) is 8.44. The van der Waals surface area contributed by atoms with Gasteiger partial charge in [0.1, 0.15) is 0 Å². The van der Waals surface area contributed by atoms with Gasteiger partial charge in [-0.25, -0.2) is 0 Å². The average molecular weight is 181 g/mol. The topological polar surface area (TPSA) is 21.3 Å². The zero-order chi connectivity index (χ0) is 9.36. The number of nitrogens with one attached hydrogen (secondary N) is 1. The van der Waals surface area contributed by atoms with Gasteiger partial charge in [-0.15, -0.1) is 11.8 Å². The predicted octanol–water partition coefficient (Wildman–Crippen LogP) is 1.42. The highest BCUT2D eigenvalue weighted by Crippen LogP contribution is 2.12. The SMILES string of the molecule is CC#CCCNCC1CCOCC1. The van der Waals surface area contributed by atoms with Gasteiger partial charge in [-0.1, -0.05) is 0 Å². The lowest BCUT2D eigenvalue weighted by Gasteiger charge is -2.21. The summed E-state index contributed by atoms with van der Waals surface area (Å²) in [6, 6.07) is 0. The first-order valence-corrected chi connectivity index (χ1v) is 5.11. The van der Waals surface area contributed by atoms with Gasteiger partial charge < -0.3 is 10.1 Å². The highest BCUT2D eigenvalue weighted by Gasteiger charge is 2.12. The lowest BCUT2D eigenvalue weighted by molar-refractivity contribution is 0.0664. The van der Waals surface area contributed by atoms with E-state index in [1.165, 1.54) is 12.8 Å². The van der Waals surface area contributed by atoms with E-state index < -0.39 is 0 Å². The van der Waals surface area contributed by atoms with Crippen LogP contribution in [0.4, 0.5) is 0 Å². The normalized spacial score (nSPS) is 17.9. The Labute approximate surface area is 81.0 Å². The van der Waals surface area contributed by atoms with Crippen molar-refractivity contribution in [3.63, 3.8) is 0 Å². The molecule has 0 aromatic rings. The van der Waals surface area contributed by atoms with E-state index in [0.29, 0.717) is 0 Å². The van der Waals surface area contributed by atoms with Crippen LogP contribution in [0, 0.1) is 17.8 Å². The molecule has 74 valence electrons. The first-order valence-electron chi connectivity index (χ1n) is 5.11. The van der Waals surface area contributed by atoms with Crippen molar-refractivity contribution in [2.45, 2.75) is 26.2 Å². The van der Waals surface area contributed by atoms with E-state index in [4.69, 9.17) is 4.74 Å². The summed E-state index contributed by atoms with van der Waals surface area (Å²) in [6.07, 6.45) is 3.40. The molecule has 0 radical (unpaired) electrons. The Morgan fingerprint density at radius 2 is 2.15 bits per heavy atom. The molecule has 1 N–H and O–H groups in total. The van der Waals surface area contributed by atoms with Gasteiger partial charge in [-0.2, -0.15) is 0 Å². The van der Waals surface area contributed by atoms with Crippen LogP contribution in [-0.2, 0) is 4.74 Å². The van der Waals surface area contributed by atoms with Gasteiger partial charge in [-0.05, 0) is 32.2 Å². The van der Waals surface area contributed by atoms with Gasteiger partial charge in [0, 0.05) is 26.2 Å². The Bertz CT molecular complexity index is 174. The quantitative estimate of drug-likeness (QED) is 0.523. The molecular formula is C11H19NO. The minimum Gasteiger partial charge on any atom is -0.381 e. The first kappa shape index (κ1) is 10.6. The van der Waals surface area contributed by atoms with Gasteiger partial charge >= 0.3 is 0 Å². The molecule has 1 fully saturated rings. The lowest BCUT2D eigenvalue weighted by Crippen LogP contribution is -2.28. The second-order valence-corrected chi connectivity index (χ2v) is 3.44. The van der Waals surface area contributed by atoms with Crippen LogP contribution in [0.25, 0.3) is 0 Å². The van der Waals surface area contributed by atoms with Gasteiger partial charge in [-0.3, -0.25) is 0 Å². The molecule has 0 unspecified atom stereocenters. The maximum Gasteiger partial charge on any atom is 0.0469 e. The van der Waals surface area contributed by atoms with Crippen molar-refractivity contribution < 1.29 is 4.74 Å². The van der Waals surface area contributed by atoms with Crippen LogP contribution in [0.2, 0.25) is 0 Å². The van der Waals surface area contributed by atoms with Crippen LogP contribution in [-0.4, -0.2) is 26.3 Å². The maximum atomic E-state index is 5.29. The maximum absolute atomic E-state index is 5.29. The molecule has 0 aliphatic carbocycles. The Morgan fingerprint density at radius 1 is 1.38 bits per heavy atom. The summed E-state index contributed by atoms with van der Waals surface area (Å²) in [5.41, 5.74) is 0. The largest absolute Gasteiger partial charge is 0.381 e. The van der Waals surface area contributed by atoms with Gasteiger partial charge in [0.25, 0.3) is 0 Å². The summed E-state index contributed by atoms with van der Waals surface area (Å²) in [7, 11) is 0. The molecule has 2 nitrogen and oxygen atoms in total. The Morgan fingerprint density at radius 3 is 2.85 bits per heavy atom. The molecule has 1 rings (SSSR count). The molecule has 0 aromatic heterocycles. The number of ether oxygens (including phenoxy) is 1. The highest BCUT2D eigenvalue weighted by atomic mass is 16.5. The van der Waals surface area contributed by atoms with Crippen LogP contribution in [0.3, 0.4) is 0 Å². The van der Waals surface area contributed by atoms with E-state index in [9.17, 15) is 0 Å². The summed E-state index contributed by atoms with van der Waals surface area (Å²) >= 11 is 0. The summed E-state index contributed by atoms with van der Waals surface area (Å²) in [4.78, 5) is 0. The van der Waals surface area contributed by atoms with E-state index in [1.807, 2.05) is 6.92 Å². The molecule has 0 atom stereocenters. The van der Waals surface area contributed by atoms with E-state index in [2.05, 4.69) is 17.2 Å². The number of rotatable bonds is 4. The van der Waals surface area contributed by atoms with Crippen LogP contribution >= 0.6 is 0 Å².